The van der Waals surface area contributed by atoms with Crippen LogP contribution in [0.1, 0.15) is 20.1 Å². The summed E-state index contributed by atoms with van der Waals surface area (Å²) in [5, 5.41) is 38.3. The highest BCUT2D eigenvalue weighted by Crippen LogP contribution is 2.50. The predicted molar refractivity (Wildman–Crippen MR) is 69.2 cm³/mol. The van der Waals surface area contributed by atoms with Gasteiger partial charge in [-0.2, -0.15) is 10.2 Å². The molecule has 1 fully saturated rings. The zero-order valence-corrected chi connectivity index (χ0v) is 11.5. The minimum Gasteiger partial charge on any atom is -0.393 e. The SMILES string of the molecule is C[C@]1(C#N)[C@H](n2ccc(=O)nc2NO)O[C@](C)(CO)[C@H]1O. The molecule has 1 aromatic heterocycles. The Morgan fingerprint density at radius 3 is 2.81 bits per heavy atom. The van der Waals surface area contributed by atoms with Gasteiger partial charge in [0.05, 0.1) is 12.7 Å². The van der Waals surface area contributed by atoms with Crippen LogP contribution in [0.25, 0.3) is 0 Å². The smallest absolute Gasteiger partial charge is 0.274 e. The van der Waals surface area contributed by atoms with Crippen molar-refractivity contribution in [3.8, 4) is 6.07 Å². The number of nitrogens with one attached hydrogen (secondary N) is 1. The number of nitriles is 1. The van der Waals surface area contributed by atoms with Crippen LogP contribution in [0.2, 0.25) is 0 Å². The summed E-state index contributed by atoms with van der Waals surface area (Å²) in [5.74, 6) is -0.233. The fourth-order valence-corrected chi connectivity index (χ4v) is 2.48. The van der Waals surface area contributed by atoms with Crippen LogP contribution in [0.4, 0.5) is 5.95 Å². The molecule has 114 valence electrons. The third-order valence-electron chi connectivity index (χ3n) is 3.79. The first-order valence-corrected chi connectivity index (χ1v) is 6.19. The molecule has 1 aliphatic heterocycles. The van der Waals surface area contributed by atoms with E-state index in [9.17, 15) is 20.3 Å². The summed E-state index contributed by atoms with van der Waals surface area (Å²) >= 11 is 0. The average molecular weight is 296 g/mol. The quantitative estimate of drug-likeness (QED) is 0.532. The Hall–Kier alpha value is -1.99. The van der Waals surface area contributed by atoms with Crippen LogP contribution >= 0.6 is 0 Å². The monoisotopic (exact) mass is 296 g/mol. The lowest BCUT2D eigenvalue weighted by molar-refractivity contribution is -0.116. The normalized spacial score (nSPS) is 35.4. The molecule has 0 bridgehead atoms. The summed E-state index contributed by atoms with van der Waals surface area (Å²) in [7, 11) is 0. The minimum atomic E-state index is -1.42. The number of hydrogen-bond donors (Lipinski definition) is 4. The molecule has 9 nitrogen and oxygen atoms in total. The molecular formula is C12H16N4O5. The van der Waals surface area contributed by atoms with Gasteiger partial charge in [0.25, 0.3) is 5.56 Å². The Balaban J connectivity index is 2.58. The van der Waals surface area contributed by atoms with Crippen LogP contribution in [0, 0.1) is 16.7 Å². The van der Waals surface area contributed by atoms with Crippen molar-refractivity contribution in [2.45, 2.75) is 31.8 Å². The Labute approximate surface area is 120 Å². The Bertz CT molecular complexity index is 641. The number of anilines is 1. The standard InChI is InChI=1S/C12H16N4O5/c1-11(5-13)8(19)12(2,6-17)21-9(11)16-4-3-7(18)14-10(16)15-20/h3-4,8-9,17,19-20H,6H2,1-2H3,(H,14,15,18)/t8-,9+,11+,12+/m0/s1. The molecule has 0 radical (unpaired) electrons. The van der Waals surface area contributed by atoms with E-state index in [1.54, 1.807) is 5.48 Å². The molecule has 0 aliphatic carbocycles. The van der Waals surface area contributed by atoms with Crippen molar-refractivity contribution in [3.05, 3.63) is 22.6 Å². The first-order valence-electron chi connectivity index (χ1n) is 6.19. The van der Waals surface area contributed by atoms with E-state index in [4.69, 9.17) is 9.94 Å². The van der Waals surface area contributed by atoms with Crippen molar-refractivity contribution in [2.75, 3.05) is 12.1 Å². The molecule has 1 aliphatic rings. The average Bonchev–Trinajstić information content (AvgIpc) is 2.70. The summed E-state index contributed by atoms with van der Waals surface area (Å²) in [6, 6.07) is 3.10. The number of rotatable bonds is 3. The van der Waals surface area contributed by atoms with Gasteiger partial charge in [0.1, 0.15) is 17.1 Å². The van der Waals surface area contributed by atoms with Crippen LogP contribution in [0.5, 0.6) is 0 Å². The second kappa shape index (κ2) is 5.09. The van der Waals surface area contributed by atoms with Crippen molar-refractivity contribution in [2.24, 2.45) is 5.41 Å². The van der Waals surface area contributed by atoms with Crippen LogP contribution in [0.3, 0.4) is 0 Å². The largest absolute Gasteiger partial charge is 0.393 e. The maximum absolute atomic E-state index is 11.2. The lowest BCUT2D eigenvalue weighted by atomic mass is 9.79. The number of aliphatic hydroxyl groups excluding tert-OH is 2. The van der Waals surface area contributed by atoms with Crippen LogP contribution in [0.15, 0.2) is 17.1 Å². The van der Waals surface area contributed by atoms with Gasteiger partial charge in [-0.15, -0.1) is 0 Å². The van der Waals surface area contributed by atoms with E-state index in [1.165, 1.54) is 24.6 Å². The fraction of sp³-hybridized carbons (Fsp3) is 0.583. The van der Waals surface area contributed by atoms with E-state index in [2.05, 4.69) is 4.98 Å². The second-order valence-electron chi connectivity index (χ2n) is 5.35. The van der Waals surface area contributed by atoms with E-state index < -0.39 is 35.5 Å². The van der Waals surface area contributed by atoms with Crippen molar-refractivity contribution in [1.29, 1.82) is 5.26 Å². The zero-order valence-electron chi connectivity index (χ0n) is 11.5. The van der Waals surface area contributed by atoms with Gasteiger partial charge in [-0.1, -0.05) is 0 Å². The lowest BCUT2D eigenvalue weighted by Crippen LogP contribution is -2.45. The molecule has 0 saturated carbocycles. The van der Waals surface area contributed by atoms with E-state index >= 15 is 0 Å². The molecule has 0 unspecified atom stereocenters. The van der Waals surface area contributed by atoms with Gasteiger partial charge in [-0.25, -0.2) is 5.48 Å². The topological polar surface area (TPSA) is 141 Å². The summed E-state index contributed by atoms with van der Waals surface area (Å²) in [4.78, 5) is 14.8. The number of ether oxygens (including phenoxy) is 1. The molecule has 1 aromatic rings. The Morgan fingerprint density at radius 2 is 2.29 bits per heavy atom. The molecule has 21 heavy (non-hydrogen) atoms. The van der Waals surface area contributed by atoms with Crippen LogP contribution in [-0.4, -0.2) is 43.3 Å². The third kappa shape index (κ3) is 2.18. The maximum atomic E-state index is 11.2. The molecule has 0 aromatic carbocycles. The number of aliphatic hydroxyl groups is 2. The molecule has 0 amide bonds. The first-order chi connectivity index (χ1) is 9.82. The summed E-state index contributed by atoms with van der Waals surface area (Å²) in [5.41, 5.74) is -1.61. The van der Waals surface area contributed by atoms with E-state index in [-0.39, 0.29) is 5.95 Å². The van der Waals surface area contributed by atoms with E-state index in [1.807, 2.05) is 6.07 Å². The predicted octanol–water partition coefficient (Wildman–Crippen LogP) is -0.785. The molecule has 2 rings (SSSR count). The fourth-order valence-electron chi connectivity index (χ4n) is 2.48. The maximum Gasteiger partial charge on any atom is 0.274 e. The third-order valence-corrected chi connectivity index (χ3v) is 3.79. The van der Waals surface area contributed by atoms with Crippen LogP contribution in [-0.2, 0) is 4.74 Å². The van der Waals surface area contributed by atoms with Crippen molar-refractivity contribution in [3.63, 3.8) is 0 Å². The second-order valence-corrected chi connectivity index (χ2v) is 5.35. The molecule has 4 atom stereocenters. The molecule has 1 saturated heterocycles. The molecule has 9 heteroatoms. The van der Waals surface area contributed by atoms with Gasteiger partial charge < -0.3 is 14.9 Å². The Morgan fingerprint density at radius 1 is 1.62 bits per heavy atom. The van der Waals surface area contributed by atoms with Crippen LogP contribution < -0.4 is 11.0 Å². The highest BCUT2D eigenvalue weighted by atomic mass is 16.6. The molecule has 0 spiro atoms. The lowest BCUT2D eigenvalue weighted by Gasteiger charge is -2.28. The molecule has 4 N–H and O–H groups in total. The summed E-state index contributed by atoms with van der Waals surface area (Å²) in [6.07, 6.45) is -1.06. The van der Waals surface area contributed by atoms with Gasteiger partial charge in [0, 0.05) is 12.3 Å². The van der Waals surface area contributed by atoms with Crippen molar-refractivity contribution in [1.82, 2.24) is 9.55 Å². The van der Waals surface area contributed by atoms with Gasteiger partial charge in [0.2, 0.25) is 5.95 Å². The van der Waals surface area contributed by atoms with Crippen molar-refractivity contribution < 1.29 is 20.2 Å². The molecular weight excluding hydrogens is 280 g/mol. The number of aromatic nitrogens is 2. The number of hydrogen-bond acceptors (Lipinski definition) is 8. The zero-order chi connectivity index (χ0) is 15.8. The van der Waals surface area contributed by atoms with Gasteiger partial charge in [-0.3, -0.25) is 14.6 Å². The summed E-state index contributed by atoms with van der Waals surface area (Å²) in [6.45, 7) is 2.43. The first kappa shape index (κ1) is 15.4. The Kier molecular flexibility index (Phi) is 3.73. The number of nitrogens with zero attached hydrogens (tertiary/aromatic N) is 3. The van der Waals surface area contributed by atoms with Crippen molar-refractivity contribution >= 4 is 5.95 Å². The van der Waals surface area contributed by atoms with E-state index in [0.29, 0.717) is 0 Å². The minimum absolute atomic E-state index is 0.233. The van der Waals surface area contributed by atoms with Gasteiger partial charge in [0.15, 0.2) is 6.23 Å². The van der Waals surface area contributed by atoms with Gasteiger partial charge >= 0.3 is 0 Å². The molecule has 2 heterocycles. The highest BCUT2D eigenvalue weighted by molar-refractivity contribution is 5.25. The highest BCUT2D eigenvalue weighted by Gasteiger charge is 2.60. The van der Waals surface area contributed by atoms with E-state index in [0.717, 1.165) is 6.07 Å². The van der Waals surface area contributed by atoms with Gasteiger partial charge in [-0.05, 0) is 13.8 Å². The summed E-state index contributed by atoms with van der Waals surface area (Å²) < 4.78 is 6.85.